The van der Waals surface area contributed by atoms with Gasteiger partial charge in [0.25, 0.3) is 11.6 Å². The summed E-state index contributed by atoms with van der Waals surface area (Å²) in [5.74, 6) is 0.404. The predicted molar refractivity (Wildman–Crippen MR) is 140 cm³/mol. The summed E-state index contributed by atoms with van der Waals surface area (Å²) in [4.78, 5) is 35.5. The van der Waals surface area contributed by atoms with Gasteiger partial charge in [-0.25, -0.2) is 0 Å². The number of thioether (sulfide) groups is 1. The Balaban J connectivity index is 1.63. The monoisotopic (exact) mass is 547 g/mol. The van der Waals surface area contributed by atoms with Crippen molar-refractivity contribution in [1.82, 2.24) is 10.2 Å². The summed E-state index contributed by atoms with van der Waals surface area (Å²) >= 11 is 2.22. The number of nitro benzene ring substituents is 1. The highest BCUT2D eigenvalue weighted by molar-refractivity contribution is 8.01. The SMILES string of the molecule is CCOc1cc(C(=O)Nc2nnc(SCC(=O)Nc3cccc([N+](=O)[O-])c3)s2)cc(OCC)c1OCC. The number of carbonyl (C=O) groups is 2. The van der Waals surface area contributed by atoms with Crippen LogP contribution in [-0.2, 0) is 4.79 Å². The minimum atomic E-state index is -0.538. The molecule has 0 radical (unpaired) electrons. The van der Waals surface area contributed by atoms with Crippen LogP contribution in [0.25, 0.3) is 0 Å². The Morgan fingerprint density at radius 2 is 1.68 bits per heavy atom. The fourth-order valence-electron chi connectivity index (χ4n) is 3.03. The van der Waals surface area contributed by atoms with Crippen molar-refractivity contribution < 1.29 is 28.7 Å². The Labute approximate surface area is 220 Å². The van der Waals surface area contributed by atoms with Crippen LogP contribution in [0.5, 0.6) is 17.2 Å². The van der Waals surface area contributed by atoms with E-state index in [1.807, 2.05) is 20.8 Å². The van der Waals surface area contributed by atoms with Crippen LogP contribution < -0.4 is 24.8 Å². The van der Waals surface area contributed by atoms with Crippen LogP contribution >= 0.6 is 23.1 Å². The first-order chi connectivity index (χ1) is 17.8. The standard InChI is InChI=1S/C23H25N5O7S2/c1-4-33-17-10-14(11-18(34-5-2)20(17)35-6-3)21(30)25-22-26-27-23(37-22)36-13-19(29)24-15-8-7-9-16(12-15)28(31)32/h7-12H,4-6,13H2,1-3H3,(H,24,29)(H,25,26,30). The van der Waals surface area contributed by atoms with E-state index in [-0.39, 0.29) is 28.0 Å². The second-order valence-corrected chi connectivity index (χ2v) is 9.27. The molecule has 2 N–H and O–H groups in total. The number of nitrogens with zero attached hydrogens (tertiary/aromatic N) is 3. The van der Waals surface area contributed by atoms with E-state index in [9.17, 15) is 19.7 Å². The molecule has 0 bridgehead atoms. The number of amides is 2. The summed E-state index contributed by atoms with van der Waals surface area (Å²) in [7, 11) is 0. The van der Waals surface area contributed by atoms with Crippen molar-refractivity contribution in [2.75, 3.05) is 36.2 Å². The van der Waals surface area contributed by atoms with E-state index in [4.69, 9.17) is 14.2 Å². The van der Waals surface area contributed by atoms with Gasteiger partial charge in [-0.2, -0.15) is 0 Å². The molecule has 2 aromatic carbocycles. The molecule has 0 fully saturated rings. The third-order valence-electron chi connectivity index (χ3n) is 4.47. The lowest BCUT2D eigenvalue weighted by atomic mass is 10.1. The molecule has 0 spiro atoms. The molecule has 1 aromatic heterocycles. The fraction of sp³-hybridized carbons (Fsp3) is 0.304. The van der Waals surface area contributed by atoms with Crippen molar-refractivity contribution in [3.63, 3.8) is 0 Å². The normalized spacial score (nSPS) is 10.5. The molecule has 37 heavy (non-hydrogen) atoms. The molecule has 1 heterocycles. The van der Waals surface area contributed by atoms with Crippen LogP contribution in [0.2, 0.25) is 0 Å². The highest BCUT2D eigenvalue weighted by Crippen LogP contribution is 2.39. The molecule has 14 heteroatoms. The van der Waals surface area contributed by atoms with E-state index in [0.29, 0.717) is 47.1 Å². The maximum atomic E-state index is 12.9. The van der Waals surface area contributed by atoms with Gasteiger partial charge in [-0.15, -0.1) is 10.2 Å². The maximum Gasteiger partial charge on any atom is 0.271 e. The van der Waals surface area contributed by atoms with Crippen LogP contribution in [0.4, 0.5) is 16.5 Å². The second-order valence-electron chi connectivity index (χ2n) is 7.07. The van der Waals surface area contributed by atoms with Crippen molar-refractivity contribution in [3.8, 4) is 17.2 Å². The summed E-state index contributed by atoms with van der Waals surface area (Å²) in [6.07, 6.45) is 0. The molecule has 2 amide bonds. The molecule has 3 rings (SSSR count). The number of anilines is 2. The fourth-order valence-corrected chi connectivity index (χ4v) is 4.58. The number of hydrogen-bond donors (Lipinski definition) is 2. The molecule has 0 atom stereocenters. The van der Waals surface area contributed by atoms with Crippen LogP contribution in [0.3, 0.4) is 0 Å². The lowest BCUT2D eigenvalue weighted by Crippen LogP contribution is -2.14. The summed E-state index contributed by atoms with van der Waals surface area (Å²) in [6, 6.07) is 8.80. The number of non-ortho nitro benzene ring substituents is 1. The van der Waals surface area contributed by atoms with Gasteiger partial charge in [0.05, 0.1) is 30.5 Å². The Bertz CT molecular complexity index is 1240. The van der Waals surface area contributed by atoms with Crippen LogP contribution in [0, 0.1) is 10.1 Å². The topological polar surface area (TPSA) is 155 Å². The molecular weight excluding hydrogens is 522 g/mol. The quantitative estimate of drug-likeness (QED) is 0.134. The minimum Gasteiger partial charge on any atom is -0.490 e. The van der Waals surface area contributed by atoms with Crippen molar-refractivity contribution >= 4 is 51.4 Å². The number of hydrogen-bond acceptors (Lipinski definition) is 11. The average molecular weight is 548 g/mol. The van der Waals surface area contributed by atoms with Crippen molar-refractivity contribution in [1.29, 1.82) is 0 Å². The van der Waals surface area contributed by atoms with Crippen molar-refractivity contribution in [3.05, 3.63) is 52.1 Å². The summed E-state index contributed by atoms with van der Waals surface area (Å²) in [6.45, 7) is 6.65. The van der Waals surface area contributed by atoms with Gasteiger partial charge in [0.15, 0.2) is 15.8 Å². The number of nitro groups is 1. The third-order valence-corrected chi connectivity index (χ3v) is 6.44. The van der Waals surface area contributed by atoms with Crippen LogP contribution in [0.1, 0.15) is 31.1 Å². The summed E-state index contributed by atoms with van der Waals surface area (Å²) < 4.78 is 17.4. The number of ether oxygens (including phenoxy) is 3. The van der Waals surface area contributed by atoms with Crippen LogP contribution in [-0.4, -0.2) is 52.5 Å². The molecule has 12 nitrogen and oxygen atoms in total. The Kier molecular flexibility index (Phi) is 10.0. The lowest BCUT2D eigenvalue weighted by molar-refractivity contribution is -0.384. The smallest absolute Gasteiger partial charge is 0.271 e. The van der Waals surface area contributed by atoms with E-state index >= 15 is 0 Å². The van der Waals surface area contributed by atoms with Crippen LogP contribution in [0.15, 0.2) is 40.7 Å². The number of benzene rings is 2. The zero-order chi connectivity index (χ0) is 26.8. The zero-order valence-corrected chi connectivity index (χ0v) is 21.9. The summed E-state index contributed by atoms with van der Waals surface area (Å²) in [5.41, 5.74) is 0.485. The van der Waals surface area contributed by atoms with Gasteiger partial charge >= 0.3 is 0 Å². The Hall–Kier alpha value is -3.91. The first kappa shape index (κ1) is 27.7. The molecule has 0 saturated heterocycles. The van der Waals surface area contributed by atoms with Gasteiger partial charge in [0, 0.05) is 23.4 Å². The molecule has 0 aliphatic carbocycles. The predicted octanol–water partition coefficient (Wildman–Crippen LogP) is 4.63. The van der Waals surface area contributed by atoms with Gasteiger partial charge in [0.1, 0.15) is 0 Å². The van der Waals surface area contributed by atoms with Gasteiger partial charge in [-0.3, -0.25) is 25.0 Å². The number of nitrogens with one attached hydrogen (secondary N) is 2. The summed E-state index contributed by atoms with van der Waals surface area (Å²) in [5, 5.41) is 24.4. The van der Waals surface area contributed by atoms with E-state index in [2.05, 4.69) is 20.8 Å². The molecule has 0 saturated carbocycles. The highest BCUT2D eigenvalue weighted by Gasteiger charge is 2.20. The molecule has 3 aromatic rings. The van der Waals surface area contributed by atoms with Crippen molar-refractivity contribution in [2.45, 2.75) is 25.1 Å². The lowest BCUT2D eigenvalue weighted by Gasteiger charge is -2.16. The molecule has 196 valence electrons. The largest absolute Gasteiger partial charge is 0.490 e. The first-order valence-corrected chi connectivity index (χ1v) is 13.0. The minimum absolute atomic E-state index is 0.000401. The van der Waals surface area contributed by atoms with Crippen molar-refractivity contribution in [2.24, 2.45) is 0 Å². The average Bonchev–Trinajstić information content (AvgIpc) is 3.32. The number of rotatable bonds is 13. The maximum absolute atomic E-state index is 12.9. The van der Waals surface area contributed by atoms with Gasteiger partial charge < -0.3 is 19.5 Å². The van der Waals surface area contributed by atoms with E-state index in [1.54, 1.807) is 18.2 Å². The molecule has 0 unspecified atom stereocenters. The van der Waals surface area contributed by atoms with Gasteiger partial charge in [0.2, 0.25) is 16.8 Å². The van der Waals surface area contributed by atoms with E-state index in [0.717, 1.165) is 23.1 Å². The third kappa shape index (κ3) is 7.79. The van der Waals surface area contributed by atoms with E-state index < -0.39 is 10.8 Å². The molecule has 0 aliphatic heterocycles. The first-order valence-electron chi connectivity index (χ1n) is 11.2. The zero-order valence-electron chi connectivity index (χ0n) is 20.3. The molecular formula is C23H25N5O7S2. The molecule has 0 aliphatic rings. The second kappa shape index (κ2) is 13.4. The van der Waals surface area contributed by atoms with Gasteiger partial charge in [-0.1, -0.05) is 29.2 Å². The Morgan fingerprint density at radius 1 is 1.00 bits per heavy atom. The Morgan fingerprint density at radius 3 is 2.30 bits per heavy atom. The highest BCUT2D eigenvalue weighted by atomic mass is 32.2. The number of carbonyl (C=O) groups excluding carboxylic acids is 2. The van der Waals surface area contributed by atoms with E-state index in [1.165, 1.54) is 18.2 Å². The van der Waals surface area contributed by atoms with Gasteiger partial charge in [-0.05, 0) is 39.0 Å². The number of aromatic nitrogens is 2.